The number of hydrogen-bond donors (Lipinski definition) is 1. The van der Waals surface area contributed by atoms with Crippen LogP contribution < -0.4 is 5.32 Å². The van der Waals surface area contributed by atoms with E-state index < -0.39 is 0 Å². The summed E-state index contributed by atoms with van der Waals surface area (Å²) in [5.74, 6) is 1.06. The van der Waals surface area contributed by atoms with Crippen LogP contribution >= 0.6 is 0 Å². The fourth-order valence-electron chi connectivity index (χ4n) is 2.11. The van der Waals surface area contributed by atoms with Crippen LogP contribution in [-0.4, -0.2) is 12.5 Å². The van der Waals surface area contributed by atoms with Crippen molar-refractivity contribution in [1.29, 1.82) is 0 Å². The second-order valence-corrected chi connectivity index (χ2v) is 4.99. The molecule has 1 heterocycles. The van der Waals surface area contributed by atoms with E-state index >= 15 is 0 Å². The number of halogens is 1. The summed E-state index contributed by atoms with van der Waals surface area (Å²) in [6.45, 7) is 6.06. The Bertz CT molecular complexity index is 601. The van der Waals surface area contributed by atoms with Crippen molar-refractivity contribution in [2.75, 3.05) is 6.54 Å². The first kappa shape index (κ1) is 14.3. The average molecular weight is 275 g/mol. The average Bonchev–Trinajstić information content (AvgIpc) is 2.75. The molecular formula is C16H18FNO2. The predicted octanol–water partition coefficient (Wildman–Crippen LogP) is 3.57. The molecule has 0 saturated heterocycles. The number of carbonyl (C=O) groups excluding carboxylic acids is 1. The van der Waals surface area contributed by atoms with Crippen molar-refractivity contribution in [1.82, 2.24) is 5.32 Å². The molecule has 1 N–H and O–H groups in total. The van der Waals surface area contributed by atoms with Crippen LogP contribution in [0.1, 0.15) is 40.3 Å². The maximum atomic E-state index is 12.9. The lowest BCUT2D eigenvalue weighted by Gasteiger charge is -2.12. The van der Waals surface area contributed by atoms with Gasteiger partial charge in [-0.15, -0.1) is 0 Å². The molecule has 1 amide bonds. The molecule has 1 atom stereocenters. The molecule has 3 nitrogen and oxygen atoms in total. The number of rotatable bonds is 4. The van der Waals surface area contributed by atoms with Crippen LogP contribution in [0.3, 0.4) is 0 Å². The topological polar surface area (TPSA) is 42.2 Å². The molecule has 106 valence electrons. The summed E-state index contributed by atoms with van der Waals surface area (Å²) in [6.07, 6.45) is 0. The Morgan fingerprint density at radius 1 is 1.30 bits per heavy atom. The monoisotopic (exact) mass is 275 g/mol. The van der Waals surface area contributed by atoms with Gasteiger partial charge in [-0.3, -0.25) is 4.79 Å². The largest absolute Gasteiger partial charge is 0.466 e. The lowest BCUT2D eigenvalue weighted by molar-refractivity contribution is 0.0950. The van der Waals surface area contributed by atoms with Gasteiger partial charge in [-0.1, -0.05) is 19.1 Å². The van der Waals surface area contributed by atoms with Crippen molar-refractivity contribution in [3.63, 3.8) is 0 Å². The Labute approximate surface area is 117 Å². The third-order valence-electron chi connectivity index (χ3n) is 3.29. The summed E-state index contributed by atoms with van der Waals surface area (Å²) in [5.41, 5.74) is 1.56. The molecule has 0 aliphatic heterocycles. The van der Waals surface area contributed by atoms with Crippen molar-refractivity contribution in [2.24, 2.45) is 0 Å². The normalized spacial score (nSPS) is 12.2. The number of carbonyl (C=O) groups is 1. The van der Waals surface area contributed by atoms with Crippen LogP contribution in [0.25, 0.3) is 0 Å². The third kappa shape index (κ3) is 3.26. The fourth-order valence-corrected chi connectivity index (χ4v) is 2.11. The van der Waals surface area contributed by atoms with Crippen molar-refractivity contribution in [2.45, 2.75) is 26.7 Å². The maximum absolute atomic E-state index is 12.9. The highest BCUT2D eigenvalue weighted by atomic mass is 19.1. The van der Waals surface area contributed by atoms with Crippen molar-refractivity contribution < 1.29 is 13.6 Å². The van der Waals surface area contributed by atoms with Gasteiger partial charge in [-0.2, -0.15) is 0 Å². The highest BCUT2D eigenvalue weighted by molar-refractivity contribution is 5.95. The van der Waals surface area contributed by atoms with Crippen LogP contribution in [0.5, 0.6) is 0 Å². The fraction of sp³-hybridized carbons (Fsp3) is 0.312. The first-order valence-electron chi connectivity index (χ1n) is 6.58. The summed E-state index contributed by atoms with van der Waals surface area (Å²) in [6, 6.07) is 8.06. The van der Waals surface area contributed by atoms with E-state index in [0.29, 0.717) is 17.9 Å². The van der Waals surface area contributed by atoms with Gasteiger partial charge in [0.25, 0.3) is 5.91 Å². The van der Waals surface area contributed by atoms with E-state index in [9.17, 15) is 9.18 Å². The number of nitrogens with one attached hydrogen (secondary N) is 1. The Morgan fingerprint density at radius 2 is 1.95 bits per heavy atom. The molecule has 0 bridgehead atoms. The molecule has 4 heteroatoms. The smallest absolute Gasteiger partial charge is 0.254 e. The van der Waals surface area contributed by atoms with E-state index in [1.807, 2.05) is 13.8 Å². The summed E-state index contributed by atoms with van der Waals surface area (Å²) >= 11 is 0. The Hall–Kier alpha value is -2.10. The van der Waals surface area contributed by atoms with Gasteiger partial charge in [0.05, 0.1) is 5.56 Å². The molecule has 0 fully saturated rings. The van der Waals surface area contributed by atoms with E-state index in [1.54, 1.807) is 25.1 Å². The van der Waals surface area contributed by atoms with Gasteiger partial charge >= 0.3 is 0 Å². The SMILES string of the molecule is Cc1cc(C(=O)NCC(C)c2ccc(F)cc2)c(C)o1. The molecule has 2 aromatic rings. The zero-order valence-corrected chi connectivity index (χ0v) is 11.9. The molecule has 0 aliphatic carbocycles. The van der Waals surface area contributed by atoms with Crippen LogP contribution in [0.4, 0.5) is 4.39 Å². The number of furan rings is 1. The third-order valence-corrected chi connectivity index (χ3v) is 3.29. The Morgan fingerprint density at radius 3 is 2.50 bits per heavy atom. The van der Waals surface area contributed by atoms with Gasteiger partial charge in [0, 0.05) is 6.54 Å². The van der Waals surface area contributed by atoms with Crippen molar-refractivity contribution in [3.05, 3.63) is 58.8 Å². The second kappa shape index (κ2) is 5.90. The summed E-state index contributed by atoms with van der Waals surface area (Å²) in [5, 5.41) is 2.87. The highest BCUT2D eigenvalue weighted by Gasteiger charge is 2.14. The molecule has 1 aromatic carbocycles. The van der Waals surface area contributed by atoms with Crippen LogP contribution in [0, 0.1) is 19.7 Å². The Kier molecular flexibility index (Phi) is 4.23. The van der Waals surface area contributed by atoms with E-state index in [4.69, 9.17) is 4.42 Å². The first-order chi connectivity index (χ1) is 9.47. The number of aryl methyl sites for hydroxylation is 2. The molecule has 0 spiro atoms. The van der Waals surface area contributed by atoms with E-state index in [0.717, 1.165) is 11.3 Å². The minimum absolute atomic E-state index is 0.118. The molecule has 0 radical (unpaired) electrons. The first-order valence-corrected chi connectivity index (χ1v) is 6.58. The van der Waals surface area contributed by atoms with Crippen LogP contribution in [0.15, 0.2) is 34.7 Å². The summed E-state index contributed by atoms with van der Waals surface area (Å²) < 4.78 is 18.2. The van der Waals surface area contributed by atoms with Gasteiger partial charge in [-0.25, -0.2) is 4.39 Å². The molecule has 0 saturated carbocycles. The zero-order valence-electron chi connectivity index (χ0n) is 11.9. The van der Waals surface area contributed by atoms with Gasteiger partial charge in [0.2, 0.25) is 0 Å². The lowest BCUT2D eigenvalue weighted by atomic mass is 10.0. The van der Waals surface area contributed by atoms with E-state index in [1.165, 1.54) is 12.1 Å². The summed E-state index contributed by atoms with van der Waals surface area (Å²) in [7, 11) is 0. The van der Waals surface area contributed by atoms with E-state index in [2.05, 4.69) is 5.32 Å². The lowest BCUT2D eigenvalue weighted by Crippen LogP contribution is -2.27. The quantitative estimate of drug-likeness (QED) is 0.926. The standard InChI is InChI=1S/C16H18FNO2/c1-10(13-4-6-14(17)7-5-13)9-18-16(19)15-8-11(2)20-12(15)3/h4-8,10H,9H2,1-3H3,(H,18,19). The van der Waals surface area contributed by atoms with Gasteiger partial charge in [0.15, 0.2) is 0 Å². The second-order valence-electron chi connectivity index (χ2n) is 4.99. The van der Waals surface area contributed by atoms with Crippen molar-refractivity contribution >= 4 is 5.91 Å². The maximum Gasteiger partial charge on any atom is 0.254 e. The Balaban J connectivity index is 1.96. The molecule has 1 aromatic heterocycles. The van der Waals surface area contributed by atoms with Crippen molar-refractivity contribution in [3.8, 4) is 0 Å². The highest BCUT2D eigenvalue weighted by Crippen LogP contribution is 2.16. The zero-order chi connectivity index (χ0) is 14.7. The number of amides is 1. The minimum atomic E-state index is -0.255. The number of benzene rings is 1. The molecule has 20 heavy (non-hydrogen) atoms. The van der Waals surface area contributed by atoms with Gasteiger partial charge in [-0.05, 0) is 43.5 Å². The molecule has 1 unspecified atom stereocenters. The van der Waals surface area contributed by atoms with Gasteiger partial charge in [0.1, 0.15) is 17.3 Å². The molecule has 2 rings (SSSR count). The van der Waals surface area contributed by atoms with Gasteiger partial charge < -0.3 is 9.73 Å². The summed E-state index contributed by atoms with van der Waals surface area (Å²) in [4.78, 5) is 12.0. The van der Waals surface area contributed by atoms with Crippen LogP contribution in [0.2, 0.25) is 0 Å². The predicted molar refractivity (Wildman–Crippen MR) is 75.3 cm³/mol. The minimum Gasteiger partial charge on any atom is -0.466 e. The number of hydrogen-bond acceptors (Lipinski definition) is 2. The molecular weight excluding hydrogens is 257 g/mol. The van der Waals surface area contributed by atoms with Crippen LogP contribution in [-0.2, 0) is 0 Å². The molecule has 0 aliphatic rings. The van der Waals surface area contributed by atoms with E-state index in [-0.39, 0.29) is 17.6 Å².